The number of hydrogen-bond donors (Lipinski definition) is 1. The van der Waals surface area contributed by atoms with E-state index in [2.05, 4.69) is 37.9 Å². The second-order valence-electron chi connectivity index (χ2n) is 5.27. The van der Waals surface area contributed by atoms with E-state index in [1.807, 2.05) is 18.3 Å². The van der Waals surface area contributed by atoms with Gasteiger partial charge in [-0.25, -0.2) is 0 Å². The number of hydrogen-bond acceptors (Lipinski definition) is 4. The minimum atomic E-state index is 0.0850. The lowest BCUT2D eigenvalue weighted by Gasteiger charge is -2.34. The molecule has 1 saturated heterocycles. The van der Waals surface area contributed by atoms with Gasteiger partial charge in [-0.2, -0.15) is 0 Å². The average molecular weight is 351 g/mol. The van der Waals surface area contributed by atoms with Crippen LogP contribution in [0, 0.1) is 0 Å². The third-order valence-corrected chi connectivity index (χ3v) is 4.50. The number of halogens is 1. The van der Waals surface area contributed by atoms with Crippen LogP contribution >= 0.6 is 15.9 Å². The van der Waals surface area contributed by atoms with Gasteiger partial charge in [0.05, 0.1) is 24.8 Å². The van der Waals surface area contributed by atoms with E-state index < -0.39 is 0 Å². The fourth-order valence-corrected chi connectivity index (χ4v) is 3.38. The number of ether oxygens (including phenoxy) is 1. The first-order chi connectivity index (χ1) is 10.3. The molecular weight excluding hydrogens is 332 g/mol. The molecule has 1 aliphatic rings. The van der Waals surface area contributed by atoms with Crippen LogP contribution < -0.4 is 4.90 Å². The van der Waals surface area contributed by atoms with Gasteiger partial charge in [0.25, 0.3) is 0 Å². The summed E-state index contributed by atoms with van der Waals surface area (Å²) in [4.78, 5) is 6.83. The van der Waals surface area contributed by atoms with E-state index in [9.17, 15) is 0 Å². The lowest BCUT2D eigenvalue weighted by Crippen LogP contribution is -2.40. The molecule has 0 spiro atoms. The number of piperidine rings is 1. The van der Waals surface area contributed by atoms with Gasteiger partial charge >= 0.3 is 0 Å². The van der Waals surface area contributed by atoms with E-state index in [0.717, 1.165) is 41.3 Å². The number of para-hydroxylation sites is 1. The van der Waals surface area contributed by atoms with E-state index in [4.69, 9.17) is 9.84 Å². The van der Waals surface area contributed by atoms with Crippen molar-refractivity contribution in [3.05, 3.63) is 34.9 Å². The molecule has 1 unspecified atom stereocenters. The molecule has 0 aliphatic carbocycles. The molecule has 4 nitrogen and oxygen atoms in total. The molecule has 21 heavy (non-hydrogen) atoms. The first kappa shape index (κ1) is 14.8. The van der Waals surface area contributed by atoms with Crippen LogP contribution in [0.5, 0.6) is 0 Å². The third kappa shape index (κ3) is 3.20. The minimum absolute atomic E-state index is 0.0850. The molecule has 1 aliphatic heterocycles. The van der Waals surface area contributed by atoms with Gasteiger partial charge in [-0.15, -0.1) is 0 Å². The van der Waals surface area contributed by atoms with Crippen LogP contribution in [-0.2, 0) is 4.74 Å². The largest absolute Gasteiger partial charge is 0.394 e. The number of benzene rings is 1. The zero-order chi connectivity index (χ0) is 14.7. The van der Waals surface area contributed by atoms with Gasteiger partial charge in [-0.1, -0.05) is 12.1 Å². The van der Waals surface area contributed by atoms with Crippen molar-refractivity contribution in [2.45, 2.75) is 18.9 Å². The standard InChI is InChI=1S/C16H19BrN2O2/c17-14-5-1-4-13-15(6-7-18-16(13)14)19-8-2-3-12(11-19)21-10-9-20/h1,4-7,12,20H,2-3,8-11H2. The molecule has 1 aromatic carbocycles. The molecule has 3 rings (SSSR count). The quantitative estimate of drug-likeness (QED) is 0.920. The van der Waals surface area contributed by atoms with E-state index >= 15 is 0 Å². The summed E-state index contributed by atoms with van der Waals surface area (Å²) in [5.74, 6) is 0. The van der Waals surface area contributed by atoms with Gasteiger partial charge in [0.15, 0.2) is 0 Å². The second-order valence-corrected chi connectivity index (χ2v) is 6.13. The molecule has 112 valence electrons. The Balaban J connectivity index is 1.88. The highest BCUT2D eigenvalue weighted by molar-refractivity contribution is 9.10. The van der Waals surface area contributed by atoms with Crippen molar-refractivity contribution in [3.63, 3.8) is 0 Å². The highest BCUT2D eigenvalue weighted by atomic mass is 79.9. The molecule has 2 heterocycles. The zero-order valence-corrected chi connectivity index (χ0v) is 13.4. The number of anilines is 1. The van der Waals surface area contributed by atoms with Crippen molar-refractivity contribution in [3.8, 4) is 0 Å². The Bertz CT molecular complexity index is 620. The van der Waals surface area contributed by atoms with Crippen LogP contribution in [0.3, 0.4) is 0 Å². The molecule has 0 saturated carbocycles. The molecule has 1 fully saturated rings. The van der Waals surface area contributed by atoms with Gasteiger partial charge in [0, 0.05) is 34.8 Å². The normalized spacial score (nSPS) is 19.1. The van der Waals surface area contributed by atoms with E-state index in [1.54, 1.807) is 0 Å². The molecule has 1 N–H and O–H groups in total. The van der Waals surface area contributed by atoms with Gasteiger partial charge < -0.3 is 14.7 Å². The second kappa shape index (κ2) is 6.73. The average Bonchev–Trinajstić information content (AvgIpc) is 2.53. The minimum Gasteiger partial charge on any atom is -0.394 e. The summed E-state index contributed by atoms with van der Waals surface area (Å²) < 4.78 is 6.72. The zero-order valence-electron chi connectivity index (χ0n) is 11.8. The Hall–Kier alpha value is -1.17. The lowest BCUT2D eigenvalue weighted by atomic mass is 10.1. The number of aliphatic hydroxyl groups is 1. The van der Waals surface area contributed by atoms with Crippen molar-refractivity contribution >= 4 is 32.5 Å². The Morgan fingerprint density at radius 2 is 2.29 bits per heavy atom. The molecule has 0 bridgehead atoms. The van der Waals surface area contributed by atoms with Crippen LogP contribution in [-0.4, -0.2) is 42.5 Å². The van der Waals surface area contributed by atoms with Crippen LogP contribution in [0.15, 0.2) is 34.9 Å². The number of pyridine rings is 1. The van der Waals surface area contributed by atoms with Crippen LogP contribution in [0.4, 0.5) is 5.69 Å². The van der Waals surface area contributed by atoms with E-state index in [1.165, 1.54) is 5.69 Å². The summed E-state index contributed by atoms with van der Waals surface area (Å²) in [6.45, 7) is 2.40. The molecule has 1 aromatic heterocycles. The van der Waals surface area contributed by atoms with Gasteiger partial charge in [0.1, 0.15) is 0 Å². The van der Waals surface area contributed by atoms with E-state index in [-0.39, 0.29) is 12.7 Å². The summed E-state index contributed by atoms with van der Waals surface area (Å²) in [5, 5.41) is 10.1. The lowest BCUT2D eigenvalue weighted by molar-refractivity contribution is 0.0215. The predicted molar refractivity (Wildman–Crippen MR) is 87.7 cm³/mol. The molecule has 0 radical (unpaired) electrons. The summed E-state index contributed by atoms with van der Waals surface area (Å²) in [7, 11) is 0. The monoisotopic (exact) mass is 350 g/mol. The van der Waals surface area contributed by atoms with Crippen LogP contribution in [0.2, 0.25) is 0 Å². The van der Waals surface area contributed by atoms with Gasteiger partial charge in [0.2, 0.25) is 0 Å². The fraction of sp³-hybridized carbons (Fsp3) is 0.438. The summed E-state index contributed by atoms with van der Waals surface area (Å²) in [5.41, 5.74) is 2.20. The van der Waals surface area contributed by atoms with Crippen molar-refractivity contribution in [1.29, 1.82) is 0 Å². The third-order valence-electron chi connectivity index (χ3n) is 3.86. The van der Waals surface area contributed by atoms with Crippen molar-refractivity contribution in [2.24, 2.45) is 0 Å². The molecule has 0 amide bonds. The highest BCUT2D eigenvalue weighted by Crippen LogP contribution is 2.31. The summed E-state index contributed by atoms with van der Waals surface area (Å²) in [6, 6.07) is 8.24. The molecular formula is C16H19BrN2O2. The number of nitrogens with zero attached hydrogens (tertiary/aromatic N) is 2. The van der Waals surface area contributed by atoms with Crippen molar-refractivity contribution < 1.29 is 9.84 Å². The maximum Gasteiger partial charge on any atom is 0.0864 e. The van der Waals surface area contributed by atoms with Crippen LogP contribution in [0.1, 0.15) is 12.8 Å². The van der Waals surface area contributed by atoms with Gasteiger partial charge in [-0.3, -0.25) is 4.98 Å². The molecule has 2 aromatic rings. The highest BCUT2D eigenvalue weighted by Gasteiger charge is 2.22. The van der Waals surface area contributed by atoms with Crippen molar-refractivity contribution in [1.82, 2.24) is 4.98 Å². The Morgan fingerprint density at radius 1 is 1.38 bits per heavy atom. The first-order valence-corrected chi connectivity index (χ1v) is 8.09. The summed E-state index contributed by atoms with van der Waals surface area (Å²) in [6.07, 6.45) is 4.22. The maximum absolute atomic E-state index is 8.90. The van der Waals surface area contributed by atoms with Crippen molar-refractivity contribution in [2.75, 3.05) is 31.2 Å². The Labute approximate surface area is 132 Å². The first-order valence-electron chi connectivity index (χ1n) is 7.30. The number of aromatic nitrogens is 1. The smallest absolute Gasteiger partial charge is 0.0864 e. The maximum atomic E-state index is 8.90. The topological polar surface area (TPSA) is 45.6 Å². The SMILES string of the molecule is OCCOC1CCCN(c2ccnc3c(Br)cccc23)C1. The number of aliphatic hydroxyl groups excluding tert-OH is 1. The number of fused-ring (bicyclic) bond motifs is 1. The van der Waals surface area contributed by atoms with Crippen LogP contribution in [0.25, 0.3) is 10.9 Å². The summed E-state index contributed by atoms with van der Waals surface area (Å²) >= 11 is 3.57. The Kier molecular flexibility index (Phi) is 4.73. The molecule has 1 atom stereocenters. The predicted octanol–water partition coefficient (Wildman–Crippen LogP) is 2.98. The number of rotatable bonds is 4. The fourth-order valence-electron chi connectivity index (χ4n) is 2.91. The van der Waals surface area contributed by atoms with E-state index in [0.29, 0.717) is 6.61 Å². The molecule has 5 heteroatoms. The van der Waals surface area contributed by atoms with Gasteiger partial charge in [-0.05, 0) is 40.9 Å². The Morgan fingerprint density at radius 3 is 3.14 bits per heavy atom.